The quantitative estimate of drug-likeness (QED) is 0.0262. The highest BCUT2D eigenvalue weighted by Crippen LogP contribution is 2.14. The van der Waals surface area contributed by atoms with Gasteiger partial charge in [0.05, 0.1) is 0 Å². The summed E-state index contributed by atoms with van der Waals surface area (Å²) in [4.78, 5) is 38.0. The lowest BCUT2D eigenvalue weighted by Crippen LogP contribution is -2.30. The number of hydrogen-bond acceptors (Lipinski definition) is 6. The van der Waals surface area contributed by atoms with Crippen LogP contribution in [-0.2, 0) is 28.6 Å². The summed E-state index contributed by atoms with van der Waals surface area (Å²) in [5.74, 6) is -0.947. The third-order valence-corrected chi connectivity index (χ3v) is 11.4. The Hall–Kier alpha value is -3.41. The van der Waals surface area contributed by atoms with Crippen LogP contribution < -0.4 is 0 Å². The first-order chi connectivity index (χ1) is 32.0. The molecule has 1 unspecified atom stereocenters. The number of rotatable bonds is 48. The van der Waals surface area contributed by atoms with Crippen molar-refractivity contribution in [3.8, 4) is 0 Å². The van der Waals surface area contributed by atoms with Gasteiger partial charge in [0, 0.05) is 19.3 Å². The van der Waals surface area contributed by atoms with Gasteiger partial charge in [-0.25, -0.2) is 0 Å². The normalized spacial score (nSPS) is 12.7. The van der Waals surface area contributed by atoms with Crippen molar-refractivity contribution in [1.82, 2.24) is 0 Å². The first-order valence-electron chi connectivity index (χ1n) is 27.1. The standard InChI is InChI=1S/C59H100O6/c1-4-7-10-13-16-19-22-25-27-28-29-30-32-34-37-40-43-46-49-52-58(61)64-55-56(54-63-57(60)51-48-45-42-39-36-33-24-21-18-15-12-9-6-3)65-59(62)53-50-47-44-41-38-35-31-26-23-20-17-14-11-8-5-2/h7,10,16,19-20,23,25,27,29-30,33-34,36-37,56H,4-6,8-9,11-15,17-18,21-22,24,26,28,31-32,35,38-55H2,1-3H3/b10-7-,19-16-,23-20-,27-25-,30-29-,36-33-,37-34-. The minimum atomic E-state index is -0.798. The third-order valence-electron chi connectivity index (χ3n) is 11.4. The largest absolute Gasteiger partial charge is 0.462 e. The molecule has 0 rings (SSSR count). The van der Waals surface area contributed by atoms with Gasteiger partial charge in [0.25, 0.3) is 0 Å². The van der Waals surface area contributed by atoms with Crippen molar-refractivity contribution >= 4 is 17.9 Å². The van der Waals surface area contributed by atoms with E-state index in [2.05, 4.69) is 106 Å². The lowest BCUT2D eigenvalue weighted by molar-refractivity contribution is -0.167. The molecule has 0 N–H and O–H groups in total. The minimum Gasteiger partial charge on any atom is -0.462 e. The number of carbonyl (C=O) groups is 3. The second-order valence-corrected chi connectivity index (χ2v) is 17.7. The Bertz CT molecular complexity index is 1270. The van der Waals surface area contributed by atoms with E-state index in [-0.39, 0.29) is 31.1 Å². The molecular weight excluding hydrogens is 805 g/mol. The first-order valence-corrected chi connectivity index (χ1v) is 27.1. The van der Waals surface area contributed by atoms with Crippen molar-refractivity contribution in [1.29, 1.82) is 0 Å². The molecule has 0 aliphatic rings. The molecule has 0 aliphatic carbocycles. The smallest absolute Gasteiger partial charge is 0.306 e. The summed E-state index contributed by atoms with van der Waals surface area (Å²) in [6.07, 6.45) is 68.5. The van der Waals surface area contributed by atoms with Crippen LogP contribution in [0.3, 0.4) is 0 Å². The van der Waals surface area contributed by atoms with Crippen molar-refractivity contribution in [3.63, 3.8) is 0 Å². The number of allylic oxidation sites excluding steroid dienone is 14. The maximum atomic E-state index is 12.8. The molecule has 372 valence electrons. The van der Waals surface area contributed by atoms with Gasteiger partial charge in [0.1, 0.15) is 13.2 Å². The van der Waals surface area contributed by atoms with Crippen LogP contribution in [-0.4, -0.2) is 37.2 Å². The van der Waals surface area contributed by atoms with E-state index in [4.69, 9.17) is 14.2 Å². The average Bonchev–Trinajstić information content (AvgIpc) is 3.30. The highest BCUT2D eigenvalue weighted by molar-refractivity contribution is 5.71. The Morgan fingerprint density at radius 2 is 0.600 bits per heavy atom. The summed E-state index contributed by atoms with van der Waals surface area (Å²) in [5, 5.41) is 0. The van der Waals surface area contributed by atoms with E-state index in [1.54, 1.807) is 0 Å². The topological polar surface area (TPSA) is 78.9 Å². The zero-order valence-corrected chi connectivity index (χ0v) is 42.5. The van der Waals surface area contributed by atoms with Crippen molar-refractivity contribution in [3.05, 3.63) is 85.1 Å². The van der Waals surface area contributed by atoms with Gasteiger partial charge in [-0.15, -0.1) is 0 Å². The molecule has 0 fully saturated rings. The Labute approximate surface area is 401 Å². The molecule has 0 saturated carbocycles. The SMILES string of the molecule is CC/C=C\C/C=C\C/C=C\C/C=C\C/C=C\CCCCCC(=O)OCC(COC(=O)CCCCC/C=C\CCCCCCCC)OC(=O)CCCCCCCCC/C=C\CCCCCC. The molecule has 0 aromatic carbocycles. The van der Waals surface area contributed by atoms with Gasteiger partial charge in [-0.1, -0.05) is 202 Å². The van der Waals surface area contributed by atoms with E-state index in [0.29, 0.717) is 19.3 Å². The number of carbonyl (C=O) groups excluding carboxylic acids is 3. The fourth-order valence-electron chi connectivity index (χ4n) is 7.28. The van der Waals surface area contributed by atoms with E-state index in [9.17, 15) is 14.4 Å². The van der Waals surface area contributed by atoms with Gasteiger partial charge in [-0.3, -0.25) is 14.4 Å². The molecule has 1 atom stereocenters. The molecule has 65 heavy (non-hydrogen) atoms. The number of ether oxygens (including phenoxy) is 3. The lowest BCUT2D eigenvalue weighted by atomic mass is 10.1. The highest BCUT2D eigenvalue weighted by Gasteiger charge is 2.19. The van der Waals surface area contributed by atoms with Crippen LogP contribution in [0.4, 0.5) is 0 Å². The van der Waals surface area contributed by atoms with Crippen molar-refractivity contribution in [2.75, 3.05) is 13.2 Å². The third kappa shape index (κ3) is 51.4. The Morgan fingerprint density at radius 3 is 0.985 bits per heavy atom. The van der Waals surface area contributed by atoms with Crippen LogP contribution in [0.15, 0.2) is 85.1 Å². The first kappa shape index (κ1) is 61.6. The van der Waals surface area contributed by atoms with E-state index < -0.39 is 6.10 Å². The molecule has 6 heteroatoms. The summed E-state index contributed by atoms with van der Waals surface area (Å²) in [6, 6.07) is 0. The second kappa shape index (κ2) is 53.2. The van der Waals surface area contributed by atoms with Crippen molar-refractivity contribution in [2.45, 2.75) is 258 Å². The second-order valence-electron chi connectivity index (χ2n) is 17.7. The van der Waals surface area contributed by atoms with Gasteiger partial charge in [0.2, 0.25) is 0 Å². The van der Waals surface area contributed by atoms with E-state index >= 15 is 0 Å². The minimum absolute atomic E-state index is 0.0969. The molecule has 0 heterocycles. The van der Waals surface area contributed by atoms with Gasteiger partial charge >= 0.3 is 17.9 Å². The zero-order chi connectivity index (χ0) is 47.2. The summed E-state index contributed by atoms with van der Waals surface area (Å²) in [7, 11) is 0. The van der Waals surface area contributed by atoms with Crippen molar-refractivity contribution < 1.29 is 28.6 Å². The Morgan fingerprint density at radius 1 is 0.323 bits per heavy atom. The molecule has 0 spiro atoms. The van der Waals surface area contributed by atoms with E-state index in [0.717, 1.165) is 109 Å². The predicted molar refractivity (Wildman–Crippen MR) is 279 cm³/mol. The predicted octanol–water partition coefficient (Wildman–Crippen LogP) is 18.0. The number of esters is 3. The lowest BCUT2D eigenvalue weighted by Gasteiger charge is -2.18. The fourth-order valence-corrected chi connectivity index (χ4v) is 7.28. The molecule has 0 amide bonds. The fraction of sp³-hybridized carbons (Fsp3) is 0.712. The van der Waals surface area contributed by atoms with Crippen LogP contribution >= 0.6 is 0 Å². The summed E-state index contributed by atoms with van der Waals surface area (Å²) in [6.45, 7) is 6.46. The number of hydrogen-bond donors (Lipinski definition) is 0. The van der Waals surface area contributed by atoms with E-state index in [1.165, 1.54) is 103 Å². The number of unbranched alkanes of at least 4 members (excludes halogenated alkanes) is 23. The zero-order valence-electron chi connectivity index (χ0n) is 42.5. The maximum Gasteiger partial charge on any atom is 0.306 e. The maximum absolute atomic E-state index is 12.8. The summed E-state index contributed by atoms with van der Waals surface area (Å²) >= 11 is 0. The molecule has 0 aromatic rings. The Kier molecular flexibility index (Phi) is 50.4. The summed E-state index contributed by atoms with van der Waals surface area (Å²) < 4.78 is 16.8. The van der Waals surface area contributed by atoms with Crippen LogP contribution in [0, 0.1) is 0 Å². The van der Waals surface area contributed by atoms with Crippen LogP contribution in [0.5, 0.6) is 0 Å². The van der Waals surface area contributed by atoms with Crippen LogP contribution in [0.25, 0.3) is 0 Å². The van der Waals surface area contributed by atoms with Crippen LogP contribution in [0.1, 0.15) is 252 Å². The summed E-state index contributed by atoms with van der Waals surface area (Å²) in [5.41, 5.74) is 0. The molecule has 0 radical (unpaired) electrons. The monoisotopic (exact) mass is 905 g/mol. The van der Waals surface area contributed by atoms with Gasteiger partial charge in [0.15, 0.2) is 6.10 Å². The molecule has 0 aliphatic heterocycles. The molecule has 0 aromatic heterocycles. The molecular formula is C59H100O6. The van der Waals surface area contributed by atoms with Gasteiger partial charge in [-0.05, 0) is 116 Å². The average molecular weight is 905 g/mol. The van der Waals surface area contributed by atoms with Gasteiger partial charge in [-0.2, -0.15) is 0 Å². The van der Waals surface area contributed by atoms with Crippen LogP contribution in [0.2, 0.25) is 0 Å². The molecule has 0 saturated heterocycles. The van der Waals surface area contributed by atoms with Gasteiger partial charge < -0.3 is 14.2 Å². The Balaban J connectivity index is 4.46. The molecule has 0 bridgehead atoms. The highest BCUT2D eigenvalue weighted by atomic mass is 16.6. The molecule has 6 nitrogen and oxygen atoms in total. The van der Waals surface area contributed by atoms with E-state index in [1.807, 2.05) is 0 Å². The van der Waals surface area contributed by atoms with Crippen molar-refractivity contribution in [2.24, 2.45) is 0 Å².